The molecule has 4 N–H and O–H groups in total. The van der Waals surface area contributed by atoms with Gasteiger partial charge in [-0.05, 0) is 30.9 Å². The summed E-state index contributed by atoms with van der Waals surface area (Å²) >= 11 is 0. The van der Waals surface area contributed by atoms with E-state index in [0.29, 0.717) is 29.1 Å². The lowest BCUT2D eigenvalue weighted by molar-refractivity contribution is -0.125. The van der Waals surface area contributed by atoms with Crippen LogP contribution in [0.15, 0.2) is 24.5 Å². The van der Waals surface area contributed by atoms with Crippen molar-refractivity contribution in [3.05, 3.63) is 35.7 Å². The molecule has 1 saturated heterocycles. The van der Waals surface area contributed by atoms with Crippen LogP contribution in [0.3, 0.4) is 0 Å². The molecule has 27 heavy (non-hydrogen) atoms. The fourth-order valence-electron chi connectivity index (χ4n) is 3.79. The number of piperidine rings is 1. The zero-order valence-corrected chi connectivity index (χ0v) is 16.0. The second-order valence-corrected chi connectivity index (χ2v) is 7.81. The minimum absolute atomic E-state index is 0.0357. The first-order valence-electron chi connectivity index (χ1n) is 9.30. The van der Waals surface area contributed by atoms with Crippen LogP contribution < -0.4 is 16.4 Å². The van der Waals surface area contributed by atoms with Gasteiger partial charge in [0.1, 0.15) is 11.6 Å². The van der Waals surface area contributed by atoms with Crippen LogP contribution in [0.2, 0.25) is 0 Å². The van der Waals surface area contributed by atoms with E-state index < -0.39 is 11.6 Å². The molecule has 2 heterocycles. The SMILES string of the molecule is CC(C)[C@H](N)C(=O)N[C@]1(c2ccc(C#N)c3nccnc23)CNC[C@@H](C)C1. The monoisotopic (exact) mass is 366 g/mol. The van der Waals surface area contributed by atoms with E-state index in [9.17, 15) is 10.1 Å². The number of nitriles is 1. The minimum Gasteiger partial charge on any atom is -0.344 e. The molecule has 0 unspecified atom stereocenters. The molecule has 1 aromatic heterocycles. The summed E-state index contributed by atoms with van der Waals surface area (Å²) in [5.41, 5.74) is 7.99. The lowest BCUT2D eigenvalue weighted by Gasteiger charge is -2.42. The fourth-order valence-corrected chi connectivity index (χ4v) is 3.79. The molecule has 0 saturated carbocycles. The summed E-state index contributed by atoms with van der Waals surface area (Å²) < 4.78 is 0. The lowest BCUT2D eigenvalue weighted by atomic mass is 9.77. The van der Waals surface area contributed by atoms with Crippen molar-refractivity contribution in [3.8, 4) is 6.07 Å². The van der Waals surface area contributed by atoms with Gasteiger partial charge in [-0.2, -0.15) is 5.26 Å². The van der Waals surface area contributed by atoms with Gasteiger partial charge in [0.25, 0.3) is 0 Å². The third-order valence-electron chi connectivity index (χ3n) is 5.26. The molecule has 7 heteroatoms. The summed E-state index contributed by atoms with van der Waals surface area (Å²) in [7, 11) is 0. The predicted octanol–water partition coefficient (Wildman–Crippen LogP) is 1.43. The van der Waals surface area contributed by atoms with Crippen LogP contribution in [-0.2, 0) is 10.3 Å². The van der Waals surface area contributed by atoms with Gasteiger partial charge in [-0.1, -0.05) is 26.8 Å². The molecule has 1 amide bonds. The van der Waals surface area contributed by atoms with Crippen molar-refractivity contribution in [2.75, 3.05) is 13.1 Å². The van der Waals surface area contributed by atoms with E-state index in [2.05, 4.69) is 33.6 Å². The molecule has 1 fully saturated rings. The Morgan fingerprint density at radius 2 is 2.07 bits per heavy atom. The summed E-state index contributed by atoms with van der Waals surface area (Å²) in [5.74, 6) is 0.215. The Kier molecular flexibility index (Phi) is 5.40. The summed E-state index contributed by atoms with van der Waals surface area (Å²) in [5, 5.41) is 16.0. The number of hydrogen-bond acceptors (Lipinski definition) is 6. The number of carbonyl (C=O) groups excluding carboxylic acids is 1. The Morgan fingerprint density at radius 1 is 1.37 bits per heavy atom. The van der Waals surface area contributed by atoms with Crippen molar-refractivity contribution in [3.63, 3.8) is 0 Å². The molecule has 1 aliphatic rings. The highest BCUT2D eigenvalue weighted by Gasteiger charge is 2.41. The highest BCUT2D eigenvalue weighted by atomic mass is 16.2. The number of benzene rings is 1. The molecule has 0 radical (unpaired) electrons. The van der Waals surface area contributed by atoms with Crippen molar-refractivity contribution >= 4 is 16.9 Å². The van der Waals surface area contributed by atoms with Crippen molar-refractivity contribution in [2.24, 2.45) is 17.6 Å². The molecule has 0 aliphatic carbocycles. The number of carbonyl (C=O) groups is 1. The maximum atomic E-state index is 12.8. The second-order valence-electron chi connectivity index (χ2n) is 7.81. The Labute approximate surface area is 159 Å². The third-order valence-corrected chi connectivity index (χ3v) is 5.26. The van der Waals surface area contributed by atoms with Gasteiger partial charge in [-0.3, -0.25) is 14.8 Å². The van der Waals surface area contributed by atoms with Crippen molar-refractivity contribution < 1.29 is 4.79 Å². The molecule has 1 aliphatic heterocycles. The summed E-state index contributed by atoms with van der Waals surface area (Å²) in [4.78, 5) is 21.7. The standard InChI is InChI=1S/C20H26N6O/c1-12(2)16(22)19(27)26-20(8-13(3)10-23-11-20)15-5-4-14(9-21)17-18(15)25-7-6-24-17/h4-7,12-13,16,23H,8,10-11,22H2,1-3H3,(H,26,27)/t13-,16-,20-/m0/s1. The predicted molar refractivity (Wildman–Crippen MR) is 104 cm³/mol. The number of hydrogen-bond donors (Lipinski definition) is 3. The Balaban J connectivity index is 2.14. The van der Waals surface area contributed by atoms with Gasteiger partial charge in [0.05, 0.1) is 22.7 Å². The van der Waals surface area contributed by atoms with Crippen molar-refractivity contribution in [2.45, 2.75) is 38.8 Å². The Hall–Kier alpha value is -2.56. The first kappa shape index (κ1) is 19.2. The van der Waals surface area contributed by atoms with Crippen LogP contribution in [0.4, 0.5) is 0 Å². The number of aromatic nitrogens is 2. The lowest BCUT2D eigenvalue weighted by Crippen LogP contribution is -2.60. The first-order chi connectivity index (χ1) is 12.9. The number of rotatable bonds is 4. The number of nitrogens with two attached hydrogens (primary N) is 1. The van der Waals surface area contributed by atoms with Crippen LogP contribution >= 0.6 is 0 Å². The number of amides is 1. The quantitative estimate of drug-likeness (QED) is 0.753. The van der Waals surface area contributed by atoms with E-state index in [1.54, 1.807) is 18.5 Å². The van der Waals surface area contributed by atoms with Crippen molar-refractivity contribution in [1.82, 2.24) is 20.6 Å². The number of nitrogens with zero attached hydrogens (tertiary/aromatic N) is 3. The molecule has 142 valence electrons. The highest BCUT2D eigenvalue weighted by Crippen LogP contribution is 2.35. The zero-order valence-electron chi connectivity index (χ0n) is 16.0. The van der Waals surface area contributed by atoms with Gasteiger partial charge in [-0.25, -0.2) is 0 Å². The minimum atomic E-state index is -0.649. The van der Waals surface area contributed by atoms with E-state index in [4.69, 9.17) is 5.73 Å². The van der Waals surface area contributed by atoms with Crippen LogP contribution in [0.5, 0.6) is 0 Å². The van der Waals surface area contributed by atoms with E-state index in [1.807, 2.05) is 19.9 Å². The molecule has 1 aromatic carbocycles. The molecule has 7 nitrogen and oxygen atoms in total. The molecule has 2 aromatic rings. The highest BCUT2D eigenvalue weighted by molar-refractivity contribution is 5.87. The smallest absolute Gasteiger partial charge is 0.237 e. The average molecular weight is 366 g/mol. The fraction of sp³-hybridized carbons (Fsp3) is 0.500. The topological polar surface area (TPSA) is 117 Å². The molecule has 3 atom stereocenters. The Bertz CT molecular complexity index is 890. The van der Waals surface area contributed by atoms with E-state index in [0.717, 1.165) is 18.5 Å². The molecule has 3 rings (SSSR count). The van der Waals surface area contributed by atoms with Crippen LogP contribution in [0.25, 0.3) is 11.0 Å². The average Bonchev–Trinajstić information content (AvgIpc) is 2.66. The summed E-state index contributed by atoms with van der Waals surface area (Å²) in [6.45, 7) is 7.47. The number of fused-ring (bicyclic) bond motifs is 1. The van der Waals surface area contributed by atoms with E-state index >= 15 is 0 Å². The van der Waals surface area contributed by atoms with Gasteiger partial charge in [0, 0.05) is 24.5 Å². The van der Waals surface area contributed by atoms with Gasteiger partial charge in [0.15, 0.2) is 0 Å². The van der Waals surface area contributed by atoms with E-state index in [-0.39, 0.29) is 11.8 Å². The molecular formula is C20H26N6O. The number of nitrogens with one attached hydrogen (secondary N) is 2. The zero-order chi connectivity index (χ0) is 19.6. The van der Waals surface area contributed by atoms with Crippen LogP contribution in [-0.4, -0.2) is 35.0 Å². The first-order valence-corrected chi connectivity index (χ1v) is 9.30. The van der Waals surface area contributed by atoms with Crippen molar-refractivity contribution in [1.29, 1.82) is 5.26 Å². The normalized spacial score (nSPS) is 23.8. The summed E-state index contributed by atoms with van der Waals surface area (Å²) in [6.07, 6.45) is 3.95. The summed E-state index contributed by atoms with van der Waals surface area (Å²) in [6, 6.07) is 5.22. The largest absolute Gasteiger partial charge is 0.344 e. The van der Waals surface area contributed by atoms with Gasteiger partial charge in [0.2, 0.25) is 5.91 Å². The second kappa shape index (κ2) is 7.59. The maximum Gasteiger partial charge on any atom is 0.237 e. The maximum absolute atomic E-state index is 12.8. The van der Waals surface area contributed by atoms with Crippen LogP contribution in [0.1, 0.15) is 38.3 Å². The molecular weight excluding hydrogens is 340 g/mol. The van der Waals surface area contributed by atoms with E-state index in [1.165, 1.54) is 0 Å². The Morgan fingerprint density at radius 3 is 2.70 bits per heavy atom. The van der Waals surface area contributed by atoms with Gasteiger partial charge in [-0.15, -0.1) is 0 Å². The van der Waals surface area contributed by atoms with Gasteiger partial charge < -0.3 is 16.4 Å². The molecule has 0 bridgehead atoms. The van der Waals surface area contributed by atoms with Gasteiger partial charge >= 0.3 is 0 Å². The third kappa shape index (κ3) is 3.64. The van der Waals surface area contributed by atoms with Crippen LogP contribution in [0, 0.1) is 23.2 Å². The molecule has 0 spiro atoms.